The summed E-state index contributed by atoms with van der Waals surface area (Å²) in [5, 5.41) is 0.817. The number of hydrogen-bond acceptors (Lipinski definition) is 6. The molecule has 1 fully saturated rings. The summed E-state index contributed by atoms with van der Waals surface area (Å²) in [6.07, 6.45) is 2.32. The number of fused-ring (bicyclic) bond motifs is 1. The number of nitrogens with zero attached hydrogens (tertiary/aromatic N) is 3. The number of hydrogen-bond donors (Lipinski definition) is 2. The van der Waals surface area contributed by atoms with E-state index in [0.29, 0.717) is 36.7 Å². The molecule has 2 aromatic heterocycles. The van der Waals surface area contributed by atoms with E-state index >= 15 is 0 Å². The fraction of sp³-hybridized carbons (Fsp3) is 0.417. The van der Waals surface area contributed by atoms with Gasteiger partial charge in [-0.3, -0.25) is 9.59 Å². The maximum absolute atomic E-state index is 12.2. The maximum Gasteiger partial charge on any atom is 0.306 e. The molecule has 1 aliphatic rings. The molecule has 3 N–H and O–H groups in total. The van der Waals surface area contributed by atoms with Crippen molar-refractivity contribution < 1.29 is 14.3 Å². The first-order chi connectivity index (χ1) is 15.2. The normalized spacial score (nSPS) is 16.5. The van der Waals surface area contributed by atoms with Crippen molar-refractivity contribution in [1.29, 1.82) is 0 Å². The third kappa shape index (κ3) is 4.74. The summed E-state index contributed by atoms with van der Waals surface area (Å²) in [5.74, 6) is 0.663. The number of amides is 1. The zero-order chi connectivity index (χ0) is 22.9. The van der Waals surface area contributed by atoms with Crippen LogP contribution in [0.5, 0.6) is 0 Å². The summed E-state index contributed by atoms with van der Waals surface area (Å²) in [7, 11) is 0. The largest absolute Gasteiger partial charge is 0.460 e. The number of aromatic nitrogens is 3. The Balaban J connectivity index is 1.71. The quantitative estimate of drug-likeness (QED) is 0.574. The molecule has 0 spiro atoms. The zero-order valence-corrected chi connectivity index (χ0v) is 18.7. The Morgan fingerprint density at radius 1 is 1.22 bits per heavy atom. The molecule has 8 heteroatoms. The van der Waals surface area contributed by atoms with Crippen LogP contribution in [0.1, 0.15) is 45.7 Å². The summed E-state index contributed by atoms with van der Waals surface area (Å²) < 4.78 is 5.42. The van der Waals surface area contributed by atoms with Crippen LogP contribution in [0, 0.1) is 0 Å². The van der Waals surface area contributed by atoms with Gasteiger partial charge in [-0.2, -0.15) is 0 Å². The number of carbonyl (C=O) groups excluding carboxylic acids is 2. The molecule has 0 radical (unpaired) electrons. The van der Waals surface area contributed by atoms with E-state index in [0.717, 1.165) is 23.1 Å². The molecule has 1 unspecified atom stereocenters. The van der Waals surface area contributed by atoms with E-state index in [1.807, 2.05) is 62.1 Å². The predicted molar refractivity (Wildman–Crippen MR) is 123 cm³/mol. The first kappa shape index (κ1) is 21.8. The number of aryl methyl sites for hydroxylation is 1. The van der Waals surface area contributed by atoms with Gasteiger partial charge >= 0.3 is 5.97 Å². The molecule has 0 saturated carbocycles. The van der Waals surface area contributed by atoms with Crippen LogP contribution in [0.3, 0.4) is 0 Å². The molecule has 1 saturated heterocycles. The molecule has 3 aromatic rings. The second kappa shape index (κ2) is 8.61. The molecule has 4 rings (SSSR count). The highest BCUT2D eigenvalue weighted by Crippen LogP contribution is 2.33. The van der Waals surface area contributed by atoms with Gasteiger partial charge in [-0.1, -0.05) is 30.3 Å². The second-order valence-electron chi connectivity index (χ2n) is 9.13. The lowest BCUT2D eigenvalue weighted by molar-refractivity contribution is -0.154. The van der Waals surface area contributed by atoms with Gasteiger partial charge in [0, 0.05) is 17.8 Å². The number of nitrogens with one attached hydrogen (secondary N) is 1. The Labute approximate surface area is 187 Å². The molecule has 1 aliphatic heterocycles. The third-order valence-electron chi connectivity index (χ3n) is 5.43. The summed E-state index contributed by atoms with van der Waals surface area (Å²) in [4.78, 5) is 39.1. The Morgan fingerprint density at radius 2 is 1.97 bits per heavy atom. The molecule has 1 aromatic carbocycles. The van der Waals surface area contributed by atoms with Crippen LogP contribution in [0.2, 0.25) is 0 Å². The van der Waals surface area contributed by atoms with Gasteiger partial charge < -0.3 is 20.4 Å². The molecule has 1 amide bonds. The number of rotatable bonds is 6. The van der Waals surface area contributed by atoms with Crippen LogP contribution in [0.25, 0.3) is 22.4 Å². The van der Waals surface area contributed by atoms with E-state index < -0.39 is 11.6 Å². The molecular weight excluding hydrogens is 406 g/mol. The number of ether oxygens (including phenoxy) is 1. The van der Waals surface area contributed by atoms with Crippen LogP contribution in [-0.2, 0) is 20.7 Å². The van der Waals surface area contributed by atoms with Crippen LogP contribution in [-0.4, -0.2) is 45.0 Å². The standard InChI is InChI=1S/C24H29N5O3/c1-24(2,3)32-19(30)12-11-16-14-17-22(26-16)27-21(15-8-5-4-6-9-15)28-23(17)29-13-7-10-18(29)20(25)31/h4-6,8-9,14,18H,7,10-13H2,1-3H3,(H2,25,31)(H,26,27,28). The van der Waals surface area contributed by atoms with Crippen molar-refractivity contribution in [2.75, 3.05) is 11.4 Å². The van der Waals surface area contributed by atoms with Crippen molar-refractivity contribution >= 4 is 28.7 Å². The first-order valence-corrected chi connectivity index (χ1v) is 10.9. The average Bonchev–Trinajstić information content (AvgIpc) is 3.38. The third-order valence-corrected chi connectivity index (χ3v) is 5.43. The Morgan fingerprint density at radius 3 is 2.66 bits per heavy atom. The summed E-state index contributed by atoms with van der Waals surface area (Å²) in [6, 6.07) is 11.3. The number of anilines is 1. The highest BCUT2D eigenvalue weighted by Gasteiger charge is 2.32. The number of H-pyrrole nitrogens is 1. The van der Waals surface area contributed by atoms with Gasteiger partial charge in [-0.15, -0.1) is 0 Å². The van der Waals surface area contributed by atoms with Crippen molar-refractivity contribution in [3.8, 4) is 11.4 Å². The Kier molecular flexibility index (Phi) is 5.86. The summed E-state index contributed by atoms with van der Waals surface area (Å²) in [5.41, 5.74) is 7.58. The molecule has 1 atom stereocenters. The van der Waals surface area contributed by atoms with E-state index in [2.05, 4.69) is 4.98 Å². The lowest BCUT2D eigenvalue weighted by Crippen LogP contribution is -2.40. The van der Waals surface area contributed by atoms with E-state index in [-0.39, 0.29) is 18.3 Å². The van der Waals surface area contributed by atoms with Crippen molar-refractivity contribution in [1.82, 2.24) is 15.0 Å². The molecule has 8 nitrogen and oxygen atoms in total. The molecule has 168 valence electrons. The maximum atomic E-state index is 12.2. The van der Waals surface area contributed by atoms with Crippen LogP contribution in [0.4, 0.5) is 5.82 Å². The van der Waals surface area contributed by atoms with Crippen molar-refractivity contribution in [2.24, 2.45) is 5.73 Å². The van der Waals surface area contributed by atoms with Crippen molar-refractivity contribution in [2.45, 2.75) is 58.1 Å². The van der Waals surface area contributed by atoms with Gasteiger partial charge in [0.05, 0.1) is 11.8 Å². The number of nitrogens with two attached hydrogens (primary N) is 1. The minimum atomic E-state index is -0.514. The van der Waals surface area contributed by atoms with Gasteiger partial charge in [-0.25, -0.2) is 9.97 Å². The lowest BCUT2D eigenvalue weighted by Gasteiger charge is -2.24. The fourth-order valence-corrected chi connectivity index (χ4v) is 4.06. The molecular formula is C24H29N5O3. The SMILES string of the molecule is CC(C)(C)OC(=O)CCc1cc2c(N3CCCC3C(N)=O)nc(-c3ccccc3)nc2[nH]1. The Bertz CT molecular complexity index is 1130. The van der Waals surface area contributed by atoms with E-state index in [1.54, 1.807) is 0 Å². The summed E-state index contributed by atoms with van der Waals surface area (Å²) >= 11 is 0. The van der Waals surface area contributed by atoms with Gasteiger partial charge in [0.1, 0.15) is 23.1 Å². The highest BCUT2D eigenvalue weighted by atomic mass is 16.6. The number of esters is 1. The molecule has 0 bridgehead atoms. The van der Waals surface area contributed by atoms with Crippen LogP contribution < -0.4 is 10.6 Å². The van der Waals surface area contributed by atoms with Crippen molar-refractivity contribution in [3.05, 3.63) is 42.1 Å². The number of primary amides is 1. The number of benzene rings is 1. The van der Waals surface area contributed by atoms with E-state index in [1.165, 1.54) is 0 Å². The van der Waals surface area contributed by atoms with Crippen molar-refractivity contribution in [3.63, 3.8) is 0 Å². The zero-order valence-electron chi connectivity index (χ0n) is 18.7. The fourth-order valence-electron chi connectivity index (χ4n) is 4.06. The topological polar surface area (TPSA) is 114 Å². The average molecular weight is 436 g/mol. The molecule has 0 aliphatic carbocycles. The lowest BCUT2D eigenvalue weighted by atomic mass is 10.1. The Hall–Kier alpha value is -3.42. The first-order valence-electron chi connectivity index (χ1n) is 10.9. The number of carbonyl (C=O) groups is 2. The van der Waals surface area contributed by atoms with Crippen LogP contribution >= 0.6 is 0 Å². The van der Waals surface area contributed by atoms with E-state index in [9.17, 15) is 9.59 Å². The van der Waals surface area contributed by atoms with E-state index in [4.69, 9.17) is 20.4 Å². The van der Waals surface area contributed by atoms with Gasteiger partial charge in [0.15, 0.2) is 5.82 Å². The minimum Gasteiger partial charge on any atom is -0.460 e. The van der Waals surface area contributed by atoms with Gasteiger partial charge in [0.25, 0.3) is 0 Å². The van der Waals surface area contributed by atoms with Gasteiger partial charge in [0.2, 0.25) is 5.91 Å². The monoisotopic (exact) mass is 435 g/mol. The molecule has 32 heavy (non-hydrogen) atoms. The van der Waals surface area contributed by atoms with Gasteiger partial charge in [-0.05, 0) is 46.1 Å². The molecule has 3 heterocycles. The summed E-state index contributed by atoms with van der Waals surface area (Å²) in [6.45, 7) is 6.26. The second-order valence-corrected chi connectivity index (χ2v) is 9.13. The predicted octanol–water partition coefficient (Wildman–Crippen LogP) is 3.35. The smallest absolute Gasteiger partial charge is 0.306 e. The minimum absolute atomic E-state index is 0.249. The van der Waals surface area contributed by atoms with Crippen LogP contribution in [0.15, 0.2) is 36.4 Å². The highest BCUT2D eigenvalue weighted by molar-refractivity contribution is 5.93. The number of aromatic amines is 1.